The second-order valence-corrected chi connectivity index (χ2v) is 6.93. The Hall–Kier alpha value is -1.15. The topological polar surface area (TPSA) is 37.3 Å². The Morgan fingerprint density at radius 1 is 1.35 bits per heavy atom. The summed E-state index contributed by atoms with van der Waals surface area (Å²) in [5, 5.41) is 11.3. The van der Waals surface area contributed by atoms with Crippen molar-refractivity contribution < 1.29 is 9.90 Å². The van der Waals surface area contributed by atoms with E-state index < -0.39 is 11.0 Å². The average molecular weight is 274 g/mol. The highest BCUT2D eigenvalue weighted by atomic mass is 16.3. The lowest BCUT2D eigenvalue weighted by Gasteiger charge is -2.46. The molecule has 2 aliphatic carbocycles. The second kappa shape index (κ2) is 5.00. The summed E-state index contributed by atoms with van der Waals surface area (Å²) < 4.78 is 0. The van der Waals surface area contributed by atoms with E-state index in [1.54, 1.807) is 0 Å². The molecule has 1 N–H and O–H groups in total. The van der Waals surface area contributed by atoms with Crippen LogP contribution in [0.5, 0.6) is 0 Å². The maximum Gasteiger partial charge on any atom is 0.159 e. The Labute approximate surface area is 122 Å². The number of hydrogen-bond acceptors (Lipinski definition) is 2. The molecule has 0 radical (unpaired) electrons. The zero-order chi connectivity index (χ0) is 15.1. The summed E-state index contributed by atoms with van der Waals surface area (Å²) in [6.07, 6.45) is 8.46. The third-order valence-electron chi connectivity index (χ3n) is 4.94. The number of hydrogen-bond donors (Lipinski definition) is 1. The number of rotatable bonds is 3. The van der Waals surface area contributed by atoms with E-state index in [-0.39, 0.29) is 5.78 Å². The summed E-state index contributed by atoms with van der Waals surface area (Å²) in [5.74, 6) is 0.622. The van der Waals surface area contributed by atoms with Crippen LogP contribution in [0.15, 0.2) is 34.9 Å². The van der Waals surface area contributed by atoms with Gasteiger partial charge in [-0.1, -0.05) is 31.6 Å². The molecule has 0 aromatic rings. The van der Waals surface area contributed by atoms with Crippen LogP contribution in [0.2, 0.25) is 0 Å². The van der Waals surface area contributed by atoms with Crippen LogP contribution in [0.3, 0.4) is 0 Å². The van der Waals surface area contributed by atoms with Crippen molar-refractivity contribution in [2.45, 2.75) is 59.5 Å². The fourth-order valence-corrected chi connectivity index (χ4v) is 3.16. The maximum atomic E-state index is 12.4. The highest BCUT2D eigenvalue weighted by Crippen LogP contribution is 2.51. The number of aliphatic hydroxyl groups is 1. The molecule has 0 aromatic heterocycles. The normalized spacial score (nSPS) is 31.3. The Morgan fingerprint density at radius 2 is 1.95 bits per heavy atom. The number of carbonyl (C=O) groups is 1. The monoisotopic (exact) mass is 274 g/mol. The lowest BCUT2D eigenvalue weighted by Crippen LogP contribution is -2.49. The molecule has 0 amide bonds. The summed E-state index contributed by atoms with van der Waals surface area (Å²) in [4.78, 5) is 12.4. The van der Waals surface area contributed by atoms with Crippen molar-refractivity contribution in [3.8, 4) is 0 Å². The number of carbonyl (C=O) groups excluding carboxylic acids is 1. The molecule has 1 atom stereocenters. The average Bonchev–Trinajstić information content (AvgIpc) is 3.17. The van der Waals surface area contributed by atoms with Crippen LogP contribution in [-0.4, -0.2) is 16.5 Å². The van der Waals surface area contributed by atoms with Crippen LogP contribution in [0.1, 0.15) is 53.9 Å². The van der Waals surface area contributed by atoms with E-state index in [0.29, 0.717) is 12.3 Å². The summed E-state index contributed by atoms with van der Waals surface area (Å²) in [5.41, 5.74) is 1.39. The van der Waals surface area contributed by atoms with E-state index in [1.807, 2.05) is 52.8 Å². The molecular weight excluding hydrogens is 248 g/mol. The van der Waals surface area contributed by atoms with Gasteiger partial charge in [0.15, 0.2) is 5.78 Å². The zero-order valence-electron chi connectivity index (χ0n) is 13.3. The first-order chi connectivity index (χ1) is 9.23. The minimum Gasteiger partial charge on any atom is -0.381 e. The molecular formula is C18H26O2. The van der Waals surface area contributed by atoms with Gasteiger partial charge in [-0.3, -0.25) is 4.79 Å². The molecule has 0 aromatic carbocycles. The highest BCUT2D eigenvalue weighted by molar-refractivity contribution is 5.99. The lowest BCUT2D eigenvalue weighted by atomic mass is 9.62. The predicted molar refractivity (Wildman–Crippen MR) is 82.3 cm³/mol. The van der Waals surface area contributed by atoms with Crippen LogP contribution in [0.25, 0.3) is 0 Å². The van der Waals surface area contributed by atoms with E-state index in [4.69, 9.17) is 0 Å². The second-order valence-electron chi connectivity index (χ2n) is 6.93. The SMILES string of the molecule is C/C=C(C)\C=C\C1(O)C(C)=C(C2CC2)C(=O)CC1(C)C. The largest absolute Gasteiger partial charge is 0.381 e. The van der Waals surface area contributed by atoms with Gasteiger partial charge in [-0.15, -0.1) is 0 Å². The predicted octanol–water partition coefficient (Wildman–Crippen LogP) is 3.97. The molecule has 1 fully saturated rings. The smallest absolute Gasteiger partial charge is 0.159 e. The van der Waals surface area contributed by atoms with E-state index in [1.165, 1.54) is 0 Å². The minimum absolute atomic E-state index is 0.232. The van der Waals surface area contributed by atoms with Gasteiger partial charge in [-0.2, -0.15) is 0 Å². The summed E-state index contributed by atoms with van der Waals surface area (Å²) in [6, 6.07) is 0. The van der Waals surface area contributed by atoms with Crippen LogP contribution in [-0.2, 0) is 4.79 Å². The quantitative estimate of drug-likeness (QED) is 0.791. The summed E-state index contributed by atoms with van der Waals surface area (Å²) in [6.45, 7) is 9.89. The Balaban J connectivity index is 2.51. The number of Topliss-reactive ketones (excluding diaryl/α,β-unsaturated/α-hetero) is 1. The number of allylic oxidation sites excluding steroid dienone is 4. The molecule has 110 valence electrons. The van der Waals surface area contributed by atoms with Gasteiger partial charge in [0.2, 0.25) is 0 Å². The third-order valence-corrected chi connectivity index (χ3v) is 4.94. The molecule has 2 rings (SSSR count). The van der Waals surface area contributed by atoms with Crippen molar-refractivity contribution in [1.82, 2.24) is 0 Å². The molecule has 2 nitrogen and oxygen atoms in total. The molecule has 0 bridgehead atoms. The van der Waals surface area contributed by atoms with E-state index in [2.05, 4.69) is 0 Å². The lowest BCUT2D eigenvalue weighted by molar-refractivity contribution is -0.123. The van der Waals surface area contributed by atoms with Gasteiger partial charge in [0.1, 0.15) is 5.60 Å². The van der Waals surface area contributed by atoms with E-state index >= 15 is 0 Å². The first-order valence-electron chi connectivity index (χ1n) is 7.52. The fourth-order valence-electron chi connectivity index (χ4n) is 3.16. The van der Waals surface area contributed by atoms with Gasteiger partial charge >= 0.3 is 0 Å². The third kappa shape index (κ3) is 2.42. The van der Waals surface area contributed by atoms with E-state index in [9.17, 15) is 9.90 Å². The summed E-state index contributed by atoms with van der Waals surface area (Å²) in [7, 11) is 0. The first-order valence-corrected chi connectivity index (χ1v) is 7.52. The molecule has 0 spiro atoms. The van der Waals surface area contributed by atoms with Crippen LogP contribution >= 0.6 is 0 Å². The van der Waals surface area contributed by atoms with Crippen molar-refractivity contribution in [2.75, 3.05) is 0 Å². The molecule has 0 saturated heterocycles. The summed E-state index contributed by atoms with van der Waals surface area (Å²) >= 11 is 0. The van der Waals surface area contributed by atoms with Crippen LogP contribution < -0.4 is 0 Å². The molecule has 20 heavy (non-hydrogen) atoms. The zero-order valence-corrected chi connectivity index (χ0v) is 13.3. The number of ketones is 1. The highest BCUT2D eigenvalue weighted by Gasteiger charge is 2.51. The minimum atomic E-state index is -1.02. The van der Waals surface area contributed by atoms with Crippen molar-refractivity contribution in [2.24, 2.45) is 11.3 Å². The van der Waals surface area contributed by atoms with Gasteiger partial charge in [0.25, 0.3) is 0 Å². The van der Waals surface area contributed by atoms with Crippen LogP contribution in [0, 0.1) is 11.3 Å². The van der Waals surface area contributed by atoms with Crippen molar-refractivity contribution in [3.63, 3.8) is 0 Å². The van der Waals surface area contributed by atoms with Crippen molar-refractivity contribution in [1.29, 1.82) is 0 Å². The van der Waals surface area contributed by atoms with Crippen LogP contribution in [0.4, 0.5) is 0 Å². The standard InChI is InChI=1S/C18H26O2/c1-6-12(2)9-10-18(20)13(3)16(14-7-8-14)15(19)11-17(18,4)5/h6,9-10,14,20H,7-8,11H2,1-5H3/b10-9+,12-6-. The van der Waals surface area contributed by atoms with Crippen molar-refractivity contribution in [3.05, 3.63) is 34.9 Å². The molecule has 1 unspecified atom stereocenters. The van der Waals surface area contributed by atoms with Crippen molar-refractivity contribution >= 4 is 5.78 Å². The molecule has 2 heteroatoms. The molecule has 0 heterocycles. The Morgan fingerprint density at radius 3 is 2.45 bits per heavy atom. The fraction of sp³-hybridized carbons (Fsp3) is 0.611. The van der Waals surface area contributed by atoms with Gasteiger partial charge in [-0.05, 0) is 51.2 Å². The van der Waals surface area contributed by atoms with Gasteiger partial charge in [0, 0.05) is 17.4 Å². The van der Waals surface area contributed by atoms with Gasteiger partial charge in [-0.25, -0.2) is 0 Å². The Bertz CT molecular complexity index is 516. The molecule has 2 aliphatic rings. The van der Waals surface area contributed by atoms with E-state index in [0.717, 1.165) is 29.6 Å². The first kappa shape index (κ1) is 15.2. The molecule has 1 saturated carbocycles. The molecule has 0 aliphatic heterocycles. The van der Waals surface area contributed by atoms with Gasteiger partial charge < -0.3 is 5.11 Å². The Kier molecular flexibility index (Phi) is 3.81. The maximum absolute atomic E-state index is 12.4. The van der Waals surface area contributed by atoms with Gasteiger partial charge in [0.05, 0.1) is 0 Å².